The summed E-state index contributed by atoms with van der Waals surface area (Å²) < 4.78 is 35.4. The highest BCUT2D eigenvalue weighted by atomic mass is 35.5. The van der Waals surface area contributed by atoms with E-state index in [1.807, 2.05) is 0 Å². The van der Waals surface area contributed by atoms with Gasteiger partial charge in [-0.2, -0.15) is 0 Å². The fourth-order valence-corrected chi connectivity index (χ4v) is 2.90. The molecule has 0 bridgehead atoms. The van der Waals surface area contributed by atoms with E-state index in [0.717, 1.165) is 5.56 Å². The van der Waals surface area contributed by atoms with Crippen LogP contribution in [0.5, 0.6) is 0 Å². The number of nitrogens with two attached hydrogens (primary N) is 1. The number of sulfonamides is 1. The highest BCUT2D eigenvalue weighted by molar-refractivity contribution is 7.89. The van der Waals surface area contributed by atoms with Gasteiger partial charge in [0, 0.05) is 18.7 Å². The number of amides is 1. The summed E-state index contributed by atoms with van der Waals surface area (Å²) in [7, 11) is -3.68. The summed E-state index contributed by atoms with van der Waals surface area (Å²) in [6, 6.07) is 10.3. The van der Waals surface area contributed by atoms with E-state index < -0.39 is 15.8 Å². The van der Waals surface area contributed by atoms with E-state index in [2.05, 4.69) is 10.6 Å². The third kappa shape index (κ3) is 6.38. The van der Waals surface area contributed by atoms with Crippen molar-refractivity contribution < 1.29 is 17.6 Å². The molecule has 9 heteroatoms. The van der Waals surface area contributed by atoms with Crippen LogP contribution in [-0.2, 0) is 21.2 Å². The predicted molar refractivity (Wildman–Crippen MR) is 99.0 cm³/mol. The number of rotatable bonds is 8. The Bertz CT molecular complexity index is 873. The van der Waals surface area contributed by atoms with E-state index in [1.54, 1.807) is 12.1 Å². The van der Waals surface area contributed by atoms with Crippen LogP contribution < -0.4 is 15.8 Å². The number of hydrogen-bond donors (Lipinski definition) is 3. The van der Waals surface area contributed by atoms with Crippen molar-refractivity contribution in [3.63, 3.8) is 0 Å². The molecular formula is C17H19ClFN3O3S. The van der Waals surface area contributed by atoms with Gasteiger partial charge in [0.2, 0.25) is 15.9 Å². The van der Waals surface area contributed by atoms with Crippen molar-refractivity contribution in [3.8, 4) is 0 Å². The SMILES string of the molecule is NS(=O)(=O)c1ccc(CCNCCC(=O)Nc2ccc(F)c(Cl)c2)cc1. The number of nitrogens with one attached hydrogen (secondary N) is 2. The zero-order valence-corrected chi connectivity index (χ0v) is 15.4. The first-order valence-corrected chi connectivity index (χ1v) is 9.75. The minimum absolute atomic E-state index is 0.0469. The van der Waals surface area contributed by atoms with E-state index >= 15 is 0 Å². The molecule has 0 saturated heterocycles. The lowest BCUT2D eigenvalue weighted by Gasteiger charge is -2.07. The van der Waals surface area contributed by atoms with Crippen LogP contribution >= 0.6 is 11.6 Å². The Kier molecular flexibility index (Phi) is 7.10. The molecule has 0 radical (unpaired) electrons. The van der Waals surface area contributed by atoms with Gasteiger partial charge in [0.15, 0.2) is 0 Å². The van der Waals surface area contributed by atoms with Crippen LogP contribution in [0.3, 0.4) is 0 Å². The van der Waals surface area contributed by atoms with Gasteiger partial charge in [0.05, 0.1) is 9.92 Å². The largest absolute Gasteiger partial charge is 0.326 e. The van der Waals surface area contributed by atoms with E-state index in [4.69, 9.17) is 16.7 Å². The van der Waals surface area contributed by atoms with Crippen LogP contribution in [0.15, 0.2) is 47.4 Å². The summed E-state index contributed by atoms with van der Waals surface area (Å²) in [5.41, 5.74) is 1.40. The quantitative estimate of drug-likeness (QED) is 0.593. The zero-order chi connectivity index (χ0) is 19.2. The van der Waals surface area contributed by atoms with Crippen molar-refractivity contribution in [3.05, 3.63) is 58.9 Å². The molecule has 0 aliphatic rings. The molecule has 0 atom stereocenters. The van der Waals surface area contributed by atoms with E-state index in [9.17, 15) is 17.6 Å². The van der Waals surface area contributed by atoms with Crippen molar-refractivity contribution in [1.29, 1.82) is 0 Å². The summed E-state index contributed by atoms with van der Waals surface area (Å²) in [6.07, 6.45) is 0.930. The lowest BCUT2D eigenvalue weighted by molar-refractivity contribution is -0.116. The van der Waals surface area contributed by atoms with Crippen molar-refractivity contribution in [1.82, 2.24) is 5.32 Å². The molecule has 0 heterocycles. The summed E-state index contributed by atoms with van der Waals surface area (Å²) in [6.45, 7) is 1.10. The summed E-state index contributed by atoms with van der Waals surface area (Å²) in [5, 5.41) is 10.8. The van der Waals surface area contributed by atoms with E-state index in [0.29, 0.717) is 25.2 Å². The van der Waals surface area contributed by atoms with Crippen LogP contribution in [0.1, 0.15) is 12.0 Å². The molecule has 4 N–H and O–H groups in total. The molecule has 2 aromatic rings. The monoisotopic (exact) mass is 399 g/mol. The van der Waals surface area contributed by atoms with Crippen molar-refractivity contribution in [2.75, 3.05) is 18.4 Å². The average Bonchev–Trinajstić information content (AvgIpc) is 2.57. The second kappa shape index (κ2) is 9.09. The Morgan fingerprint density at radius 1 is 1.12 bits per heavy atom. The number of carbonyl (C=O) groups excluding carboxylic acids is 1. The first kappa shape index (κ1) is 20.3. The first-order chi connectivity index (χ1) is 12.3. The number of benzene rings is 2. The predicted octanol–water partition coefficient (Wildman–Crippen LogP) is 2.29. The Morgan fingerprint density at radius 2 is 1.81 bits per heavy atom. The summed E-state index contributed by atoms with van der Waals surface area (Å²) in [4.78, 5) is 11.9. The van der Waals surface area contributed by atoms with Crippen molar-refractivity contribution in [2.45, 2.75) is 17.7 Å². The van der Waals surface area contributed by atoms with Crippen LogP contribution in [0.25, 0.3) is 0 Å². The maximum atomic E-state index is 13.1. The van der Waals surface area contributed by atoms with Gasteiger partial charge in [-0.15, -0.1) is 0 Å². The van der Waals surface area contributed by atoms with Gasteiger partial charge in [0.1, 0.15) is 5.82 Å². The summed E-state index contributed by atoms with van der Waals surface area (Å²) >= 11 is 5.66. The van der Waals surface area contributed by atoms with Crippen LogP contribution in [0.2, 0.25) is 5.02 Å². The van der Waals surface area contributed by atoms with Gasteiger partial charge in [-0.3, -0.25) is 4.79 Å². The molecule has 2 rings (SSSR count). The number of hydrogen-bond acceptors (Lipinski definition) is 4. The molecule has 0 aliphatic carbocycles. The molecule has 26 heavy (non-hydrogen) atoms. The highest BCUT2D eigenvalue weighted by Gasteiger charge is 2.07. The molecular weight excluding hydrogens is 381 g/mol. The Balaban J connectivity index is 1.68. The molecule has 0 aromatic heterocycles. The average molecular weight is 400 g/mol. The van der Waals surface area contributed by atoms with Crippen LogP contribution in [0.4, 0.5) is 10.1 Å². The number of anilines is 1. The minimum Gasteiger partial charge on any atom is -0.326 e. The lowest BCUT2D eigenvalue weighted by atomic mass is 10.1. The normalized spacial score (nSPS) is 11.3. The van der Waals surface area contributed by atoms with E-state index in [1.165, 1.54) is 30.3 Å². The molecule has 0 fully saturated rings. The lowest BCUT2D eigenvalue weighted by Crippen LogP contribution is -2.23. The van der Waals surface area contributed by atoms with Gasteiger partial charge >= 0.3 is 0 Å². The van der Waals surface area contributed by atoms with Gasteiger partial charge < -0.3 is 10.6 Å². The fourth-order valence-electron chi connectivity index (χ4n) is 2.20. The van der Waals surface area contributed by atoms with Crippen molar-refractivity contribution in [2.24, 2.45) is 5.14 Å². The molecule has 6 nitrogen and oxygen atoms in total. The van der Waals surface area contributed by atoms with Gasteiger partial charge in [-0.25, -0.2) is 17.9 Å². The third-order valence-corrected chi connectivity index (χ3v) is 4.79. The molecule has 2 aromatic carbocycles. The number of halogens is 2. The molecule has 0 aliphatic heterocycles. The molecule has 0 saturated carbocycles. The number of carbonyl (C=O) groups is 1. The van der Waals surface area contributed by atoms with Crippen molar-refractivity contribution >= 4 is 33.2 Å². The minimum atomic E-state index is -3.68. The first-order valence-electron chi connectivity index (χ1n) is 7.83. The van der Waals surface area contributed by atoms with Gasteiger partial charge in [-0.05, 0) is 48.9 Å². The topological polar surface area (TPSA) is 101 Å². The zero-order valence-electron chi connectivity index (χ0n) is 13.8. The summed E-state index contributed by atoms with van der Waals surface area (Å²) in [5.74, 6) is -0.749. The maximum absolute atomic E-state index is 13.1. The second-order valence-corrected chi connectivity index (χ2v) is 7.58. The van der Waals surface area contributed by atoms with Gasteiger partial charge in [-0.1, -0.05) is 23.7 Å². The Morgan fingerprint density at radius 3 is 2.42 bits per heavy atom. The van der Waals surface area contributed by atoms with E-state index in [-0.39, 0.29) is 22.2 Å². The molecule has 0 spiro atoms. The Labute approximate surface area is 156 Å². The Hall–Kier alpha value is -2.00. The number of primary sulfonamides is 1. The fraction of sp³-hybridized carbons (Fsp3) is 0.235. The molecule has 140 valence electrons. The highest BCUT2D eigenvalue weighted by Crippen LogP contribution is 2.19. The standard InChI is InChI=1S/C17H19ClFN3O3S/c18-15-11-13(3-6-16(15)19)22-17(23)8-10-21-9-7-12-1-4-14(5-2-12)26(20,24)25/h1-6,11,21H,7-10H2,(H,22,23)(H2,20,24,25). The smallest absolute Gasteiger partial charge is 0.238 e. The second-order valence-electron chi connectivity index (χ2n) is 5.62. The third-order valence-electron chi connectivity index (χ3n) is 3.57. The van der Waals surface area contributed by atoms with Gasteiger partial charge in [0.25, 0.3) is 0 Å². The molecule has 1 amide bonds. The maximum Gasteiger partial charge on any atom is 0.238 e. The molecule has 0 unspecified atom stereocenters. The van der Waals surface area contributed by atoms with Crippen LogP contribution in [-0.4, -0.2) is 27.4 Å². The van der Waals surface area contributed by atoms with Crippen LogP contribution in [0, 0.1) is 5.82 Å².